The first-order chi connectivity index (χ1) is 13.5. The second-order valence-corrected chi connectivity index (χ2v) is 7.98. The SMILES string of the molecule is C[NH+](Cc1ccccc1NCC(=O)Nc1ccc(Cl)cc1F)C1CCCCC1. The molecule has 1 atom stereocenters. The summed E-state index contributed by atoms with van der Waals surface area (Å²) in [6, 6.07) is 13.0. The quantitative estimate of drug-likeness (QED) is 0.655. The van der Waals surface area contributed by atoms with E-state index in [9.17, 15) is 9.18 Å². The van der Waals surface area contributed by atoms with E-state index in [1.54, 1.807) is 6.07 Å². The van der Waals surface area contributed by atoms with Crippen LogP contribution in [0.5, 0.6) is 0 Å². The molecule has 1 unspecified atom stereocenters. The minimum Gasteiger partial charge on any atom is -0.376 e. The third kappa shape index (κ3) is 5.69. The number of amides is 1. The van der Waals surface area contributed by atoms with E-state index in [0.717, 1.165) is 12.2 Å². The molecule has 0 saturated heterocycles. The number of carbonyl (C=O) groups is 1. The standard InChI is InChI=1S/C22H27ClFN3O/c1-27(18-8-3-2-4-9-18)15-16-7-5-6-10-20(16)25-14-22(28)26-21-12-11-17(23)13-19(21)24/h5-7,10-13,18,25H,2-4,8-9,14-15H2,1H3,(H,26,28)/p+1. The molecule has 1 fully saturated rings. The average molecular weight is 405 g/mol. The number of nitrogens with one attached hydrogen (secondary N) is 3. The maximum atomic E-state index is 13.8. The largest absolute Gasteiger partial charge is 0.376 e. The van der Waals surface area contributed by atoms with Crippen LogP contribution in [0.25, 0.3) is 0 Å². The zero-order valence-electron chi connectivity index (χ0n) is 16.2. The van der Waals surface area contributed by atoms with E-state index in [1.165, 1.54) is 54.7 Å². The van der Waals surface area contributed by atoms with Crippen molar-refractivity contribution in [1.29, 1.82) is 0 Å². The van der Waals surface area contributed by atoms with Gasteiger partial charge in [-0.15, -0.1) is 0 Å². The molecule has 1 aliphatic carbocycles. The molecule has 0 radical (unpaired) electrons. The zero-order valence-corrected chi connectivity index (χ0v) is 17.0. The Hall–Kier alpha value is -2.11. The molecule has 0 spiro atoms. The first-order valence-electron chi connectivity index (χ1n) is 9.92. The van der Waals surface area contributed by atoms with Crippen molar-refractivity contribution in [3.05, 3.63) is 58.9 Å². The molecule has 28 heavy (non-hydrogen) atoms. The van der Waals surface area contributed by atoms with Gasteiger partial charge in [0.1, 0.15) is 12.4 Å². The molecule has 150 valence electrons. The Morgan fingerprint density at radius 1 is 1.14 bits per heavy atom. The summed E-state index contributed by atoms with van der Waals surface area (Å²) in [4.78, 5) is 13.7. The highest BCUT2D eigenvalue weighted by molar-refractivity contribution is 6.30. The maximum Gasteiger partial charge on any atom is 0.243 e. The van der Waals surface area contributed by atoms with Crippen LogP contribution in [0.4, 0.5) is 15.8 Å². The summed E-state index contributed by atoms with van der Waals surface area (Å²) in [6.45, 7) is 0.989. The predicted octanol–water partition coefficient (Wildman–Crippen LogP) is 3.88. The smallest absolute Gasteiger partial charge is 0.243 e. The average Bonchev–Trinajstić information content (AvgIpc) is 2.70. The van der Waals surface area contributed by atoms with Crippen LogP contribution in [0, 0.1) is 5.82 Å². The molecule has 0 bridgehead atoms. The normalized spacial score (nSPS) is 15.8. The van der Waals surface area contributed by atoms with Gasteiger partial charge in [0, 0.05) is 16.3 Å². The Balaban J connectivity index is 1.57. The van der Waals surface area contributed by atoms with Crippen LogP contribution in [-0.2, 0) is 11.3 Å². The Bertz CT molecular complexity index is 808. The second-order valence-electron chi connectivity index (χ2n) is 7.54. The van der Waals surface area contributed by atoms with Gasteiger partial charge in [0.05, 0.1) is 25.3 Å². The number of quaternary nitrogens is 1. The summed E-state index contributed by atoms with van der Waals surface area (Å²) < 4.78 is 13.8. The number of carbonyl (C=O) groups excluding carboxylic acids is 1. The zero-order chi connectivity index (χ0) is 19.9. The molecule has 3 N–H and O–H groups in total. The fourth-order valence-electron chi connectivity index (χ4n) is 3.85. The summed E-state index contributed by atoms with van der Waals surface area (Å²) in [5.41, 5.74) is 2.27. The number of benzene rings is 2. The number of halogens is 2. The molecule has 2 aromatic carbocycles. The monoisotopic (exact) mass is 404 g/mol. The fraction of sp³-hybridized carbons (Fsp3) is 0.409. The van der Waals surface area contributed by atoms with Crippen LogP contribution in [0.2, 0.25) is 5.02 Å². The Morgan fingerprint density at radius 3 is 2.64 bits per heavy atom. The minimum atomic E-state index is -0.543. The van der Waals surface area contributed by atoms with Crippen molar-refractivity contribution in [1.82, 2.24) is 0 Å². The van der Waals surface area contributed by atoms with E-state index in [4.69, 9.17) is 11.6 Å². The van der Waals surface area contributed by atoms with Crippen molar-refractivity contribution >= 4 is 28.9 Å². The number of hydrogen-bond acceptors (Lipinski definition) is 2. The van der Waals surface area contributed by atoms with E-state index in [2.05, 4.69) is 23.7 Å². The molecule has 1 saturated carbocycles. The highest BCUT2D eigenvalue weighted by atomic mass is 35.5. The summed E-state index contributed by atoms with van der Waals surface area (Å²) in [5, 5.41) is 6.08. The van der Waals surface area contributed by atoms with E-state index >= 15 is 0 Å². The minimum absolute atomic E-state index is 0.0710. The van der Waals surface area contributed by atoms with Crippen molar-refractivity contribution in [2.75, 3.05) is 24.2 Å². The van der Waals surface area contributed by atoms with Gasteiger partial charge in [0.25, 0.3) is 0 Å². The Kier molecular flexibility index (Phi) is 7.29. The van der Waals surface area contributed by atoms with Crippen molar-refractivity contribution < 1.29 is 14.1 Å². The van der Waals surface area contributed by atoms with E-state index in [0.29, 0.717) is 11.1 Å². The van der Waals surface area contributed by atoms with Crippen LogP contribution in [0.3, 0.4) is 0 Å². The van der Waals surface area contributed by atoms with Crippen molar-refractivity contribution in [3.8, 4) is 0 Å². The molecule has 0 aliphatic heterocycles. The van der Waals surface area contributed by atoms with Crippen LogP contribution >= 0.6 is 11.6 Å². The lowest BCUT2D eigenvalue weighted by Gasteiger charge is -2.28. The van der Waals surface area contributed by atoms with Gasteiger partial charge >= 0.3 is 0 Å². The van der Waals surface area contributed by atoms with Gasteiger partial charge in [-0.3, -0.25) is 4.79 Å². The molecule has 2 aromatic rings. The number of anilines is 2. The van der Waals surface area contributed by atoms with Crippen molar-refractivity contribution in [3.63, 3.8) is 0 Å². The lowest BCUT2D eigenvalue weighted by Crippen LogP contribution is -3.11. The Labute approximate surface area is 171 Å². The number of para-hydroxylation sites is 1. The van der Waals surface area contributed by atoms with E-state index in [1.807, 2.05) is 18.2 Å². The van der Waals surface area contributed by atoms with E-state index in [-0.39, 0.29) is 18.1 Å². The molecule has 0 aromatic heterocycles. The number of rotatable bonds is 7. The predicted molar refractivity (Wildman–Crippen MR) is 112 cm³/mol. The molecule has 0 heterocycles. The molecule has 3 rings (SSSR count). The molecular formula is C22H28ClFN3O+. The Morgan fingerprint density at radius 2 is 1.89 bits per heavy atom. The van der Waals surface area contributed by atoms with Gasteiger partial charge in [-0.1, -0.05) is 36.2 Å². The van der Waals surface area contributed by atoms with Crippen LogP contribution < -0.4 is 15.5 Å². The molecular weight excluding hydrogens is 377 g/mol. The maximum absolute atomic E-state index is 13.8. The molecule has 4 nitrogen and oxygen atoms in total. The summed E-state index contributed by atoms with van der Waals surface area (Å²) in [5.74, 6) is -0.844. The molecule has 6 heteroatoms. The molecule has 1 amide bonds. The van der Waals surface area contributed by atoms with Gasteiger partial charge in [0.2, 0.25) is 5.91 Å². The van der Waals surface area contributed by atoms with Gasteiger partial charge in [-0.05, 0) is 49.9 Å². The van der Waals surface area contributed by atoms with Crippen LogP contribution in [-0.4, -0.2) is 25.5 Å². The lowest BCUT2D eigenvalue weighted by molar-refractivity contribution is -0.921. The third-order valence-corrected chi connectivity index (χ3v) is 5.67. The van der Waals surface area contributed by atoms with E-state index < -0.39 is 5.82 Å². The van der Waals surface area contributed by atoms with Gasteiger partial charge in [-0.2, -0.15) is 0 Å². The first-order valence-corrected chi connectivity index (χ1v) is 10.3. The second kappa shape index (κ2) is 9.89. The van der Waals surface area contributed by atoms with Crippen molar-refractivity contribution in [2.24, 2.45) is 0 Å². The number of hydrogen-bond donors (Lipinski definition) is 3. The topological polar surface area (TPSA) is 45.6 Å². The van der Waals surface area contributed by atoms with Gasteiger partial charge < -0.3 is 15.5 Å². The highest BCUT2D eigenvalue weighted by Crippen LogP contribution is 2.20. The fourth-order valence-corrected chi connectivity index (χ4v) is 4.01. The van der Waals surface area contributed by atoms with Crippen molar-refractivity contribution in [2.45, 2.75) is 44.7 Å². The van der Waals surface area contributed by atoms with Crippen LogP contribution in [0.1, 0.15) is 37.7 Å². The highest BCUT2D eigenvalue weighted by Gasteiger charge is 2.22. The summed E-state index contributed by atoms with van der Waals surface area (Å²) in [7, 11) is 2.25. The third-order valence-electron chi connectivity index (χ3n) is 5.43. The summed E-state index contributed by atoms with van der Waals surface area (Å²) >= 11 is 5.74. The van der Waals surface area contributed by atoms with Gasteiger partial charge in [-0.25, -0.2) is 4.39 Å². The molecule has 1 aliphatic rings. The first kappa shape index (κ1) is 20.6. The summed E-state index contributed by atoms with van der Waals surface area (Å²) in [6.07, 6.45) is 6.57. The van der Waals surface area contributed by atoms with Gasteiger partial charge in [0.15, 0.2) is 0 Å². The lowest BCUT2D eigenvalue weighted by atomic mass is 9.94. The van der Waals surface area contributed by atoms with Crippen LogP contribution in [0.15, 0.2) is 42.5 Å².